The van der Waals surface area contributed by atoms with Gasteiger partial charge in [0, 0.05) is 20.6 Å². The third-order valence-corrected chi connectivity index (χ3v) is 5.90. The monoisotopic (exact) mass is 425 g/mol. The van der Waals surface area contributed by atoms with E-state index in [0.717, 1.165) is 26.3 Å². The summed E-state index contributed by atoms with van der Waals surface area (Å²) in [6.45, 7) is -0.294. The summed E-state index contributed by atoms with van der Waals surface area (Å²) in [4.78, 5) is 12.4. The van der Waals surface area contributed by atoms with Gasteiger partial charge in [-0.15, -0.1) is 0 Å². The second-order valence-corrected chi connectivity index (χ2v) is 8.31. The van der Waals surface area contributed by atoms with Crippen molar-refractivity contribution >= 4 is 21.8 Å². The molecular weight excluding hydrogens is 401 g/mol. The zero-order valence-corrected chi connectivity index (χ0v) is 17.5. The zero-order valence-electron chi connectivity index (χ0n) is 16.7. The fourth-order valence-electron chi connectivity index (χ4n) is 2.49. The van der Waals surface area contributed by atoms with Gasteiger partial charge in [-0.25, -0.2) is 8.70 Å². The third-order valence-electron chi connectivity index (χ3n) is 4.08. The van der Waals surface area contributed by atoms with Crippen molar-refractivity contribution in [1.29, 1.82) is 0 Å². The molecule has 0 saturated heterocycles. The molecule has 0 spiro atoms. The largest absolute Gasteiger partial charge is 0.493 e. The molecule has 0 fully saturated rings. The minimum atomic E-state index is -3.96. The van der Waals surface area contributed by atoms with Gasteiger partial charge in [-0.2, -0.15) is 12.7 Å². The molecule has 0 radical (unpaired) electrons. The minimum absolute atomic E-state index is 0.165. The molecule has 158 valence electrons. The van der Waals surface area contributed by atoms with E-state index in [-0.39, 0.29) is 12.2 Å². The molecule has 1 amide bonds. The first-order valence-electron chi connectivity index (χ1n) is 8.62. The first-order chi connectivity index (χ1) is 13.7. The van der Waals surface area contributed by atoms with Crippen LogP contribution in [0.15, 0.2) is 42.5 Å². The Labute approximate surface area is 170 Å². The average molecular weight is 425 g/mol. The van der Waals surface area contributed by atoms with E-state index in [0.29, 0.717) is 11.5 Å². The van der Waals surface area contributed by atoms with E-state index in [1.54, 1.807) is 18.2 Å². The van der Waals surface area contributed by atoms with Crippen LogP contribution in [0.2, 0.25) is 0 Å². The van der Waals surface area contributed by atoms with Gasteiger partial charge in [0.1, 0.15) is 12.4 Å². The predicted molar refractivity (Wildman–Crippen MR) is 108 cm³/mol. The Morgan fingerprint density at radius 3 is 2.21 bits per heavy atom. The van der Waals surface area contributed by atoms with Gasteiger partial charge < -0.3 is 14.8 Å². The summed E-state index contributed by atoms with van der Waals surface area (Å²) < 4.78 is 50.8. The number of nitrogens with one attached hydrogen (secondary N) is 1. The number of hydrogen-bond donors (Lipinski definition) is 1. The molecule has 0 aromatic heterocycles. The Balaban J connectivity index is 2.15. The lowest BCUT2D eigenvalue weighted by atomic mass is 10.2. The van der Waals surface area contributed by atoms with Crippen molar-refractivity contribution in [2.24, 2.45) is 0 Å². The maximum absolute atomic E-state index is 13.2. The zero-order chi connectivity index (χ0) is 21.6. The number of methoxy groups -OCH3 is 2. The molecule has 1 N–H and O–H groups in total. The summed E-state index contributed by atoms with van der Waals surface area (Å²) in [5, 5.41) is 2.68. The van der Waals surface area contributed by atoms with Crippen molar-refractivity contribution < 1.29 is 27.1 Å². The van der Waals surface area contributed by atoms with E-state index in [4.69, 9.17) is 9.47 Å². The minimum Gasteiger partial charge on any atom is -0.493 e. The van der Waals surface area contributed by atoms with Crippen LogP contribution in [0.1, 0.15) is 5.56 Å². The van der Waals surface area contributed by atoms with Crippen LogP contribution < -0.4 is 19.1 Å². The number of amides is 1. The number of ether oxygens (including phenoxy) is 2. The topological polar surface area (TPSA) is 88.2 Å². The Morgan fingerprint density at radius 2 is 1.66 bits per heavy atom. The fourth-order valence-corrected chi connectivity index (χ4v) is 3.55. The molecule has 2 aromatic carbocycles. The van der Waals surface area contributed by atoms with Crippen molar-refractivity contribution in [2.45, 2.75) is 6.54 Å². The molecule has 10 heteroatoms. The van der Waals surface area contributed by atoms with Crippen molar-refractivity contribution in [3.05, 3.63) is 53.8 Å². The number of halogens is 1. The molecule has 0 bridgehead atoms. The molecular formula is C19H24FN3O5S. The first-order valence-corrected chi connectivity index (χ1v) is 10.0. The number of anilines is 1. The van der Waals surface area contributed by atoms with Gasteiger partial charge in [-0.3, -0.25) is 4.79 Å². The number of hydrogen-bond acceptors (Lipinski definition) is 5. The van der Waals surface area contributed by atoms with Crippen LogP contribution in [0, 0.1) is 5.82 Å². The van der Waals surface area contributed by atoms with Crippen LogP contribution in [-0.2, 0) is 21.5 Å². The summed E-state index contributed by atoms with van der Waals surface area (Å²) in [6.07, 6.45) is 0. The second-order valence-electron chi connectivity index (χ2n) is 6.24. The summed E-state index contributed by atoms with van der Waals surface area (Å²) in [5.74, 6) is 0.0490. The molecule has 0 atom stereocenters. The maximum atomic E-state index is 13.2. The average Bonchev–Trinajstić information content (AvgIpc) is 2.70. The highest BCUT2D eigenvalue weighted by molar-refractivity contribution is 7.90. The lowest BCUT2D eigenvalue weighted by molar-refractivity contribution is -0.119. The number of carbonyl (C=O) groups is 1. The van der Waals surface area contributed by atoms with E-state index < -0.39 is 28.5 Å². The lowest BCUT2D eigenvalue weighted by Crippen LogP contribution is -2.45. The highest BCUT2D eigenvalue weighted by atomic mass is 32.2. The van der Waals surface area contributed by atoms with Gasteiger partial charge in [0.25, 0.3) is 0 Å². The molecule has 8 nitrogen and oxygen atoms in total. The van der Waals surface area contributed by atoms with E-state index in [9.17, 15) is 17.6 Å². The number of benzene rings is 2. The van der Waals surface area contributed by atoms with E-state index in [1.807, 2.05) is 0 Å². The smallest absolute Gasteiger partial charge is 0.304 e. The van der Waals surface area contributed by atoms with E-state index >= 15 is 0 Å². The van der Waals surface area contributed by atoms with Crippen LogP contribution in [-0.4, -0.2) is 53.5 Å². The van der Waals surface area contributed by atoms with Crippen molar-refractivity contribution in [3.8, 4) is 11.5 Å². The van der Waals surface area contributed by atoms with Gasteiger partial charge >= 0.3 is 10.2 Å². The SMILES string of the molecule is COc1ccc(CNC(=O)CN(c2ccc(F)cc2)S(=O)(=O)N(C)C)cc1OC. The van der Waals surface area contributed by atoms with Gasteiger partial charge in [-0.05, 0) is 42.0 Å². The van der Waals surface area contributed by atoms with Crippen LogP contribution in [0.3, 0.4) is 0 Å². The van der Waals surface area contributed by atoms with Gasteiger partial charge in [-0.1, -0.05) is 6.07 Å². The Kier molecular flexibility index (Phi) is 7.40. The Morgan fingerprint density at radius 1 is 1.03 bits per heavy atom. The summed E-state index contributed by atoms with van der Waals surface area (Å²) in [6, 6.07) is 10.1. The first kappa shape index (κ1) is 22.4. The summed E-state index contributed by atoms with van der Waals surface area (Å²) >= 11 is 0. The number of carbonyl (C=O) groups excluding carboxylic acids is 1. The Bertz CT molecular complexity index is 949. The molecule has 29 heavy (non-hydrogen) atoms. The van der Waals surface area contributed by atoms with E-state index in [1.165, 1.54) is 40.4 Å². The second kappa shape index (κ2) is 9.57. The fraction of sp³-hybridized carbons (Fsp3) is 0.316. The van der Waals surface area contributed by atoms with Gasteiger partial charge in [0.15, 0.2) is 11.5 Å². The summed E-state index contributed by atoms with van der Waals surface area (Å²) in [5.41, 5.74) is 0.932. The molecule has 0 aliphatic heterocycles. The van der Waals surface area contributed by atoms with Crippen LogP contribution in [0.5, 0.6) is 11.5 Å². The molecule has 0 unspecified atom stereocenters. The van der Waals surface area contributed by atoms with Crippen molar-refractivity contribution in [1.82, 2.24) is 9.62 Å². The molecule has 0 aliphatic rings. The normalized spacial score (nSPS) is 11.2. The van der Waals surface area contributed by atoms with Crippen LogP contribution in [0.25, 0.3) is 0 Å². The van der Waals surface area contributed by atoms with E-state index in [2.05, 4.69) is 5.32 Å². The van der Waals surface area contributed by atoms with Gasteiger partial charge in [0.2, 0.25) is 5.91 Å². The number of rotatable bonds is 9. The Hall–Kier alpha value is -2.85. The molecule has 0 heterocycles. The molecule has 2 rings (SSSR count). The standard InChI is InChI=1S/C19H24FN3O5S/c1-22(2)29(25,26)23(16-8-6-15(20)7-9-16)13-19(24)21-12-14-5-10-17(27-3)18(11-14)28-4/h5-11H,12-13H2,1-4H3,(H,21,24). The predicted octanol–water partition coefficient (Wildman–Crippen LogP) is 1.77. The maximum Gasteiger partial charge on any atom is 0.304 e. The van der Waals surface area contributed by atoms with Gasteiger partial charge in [0.05, 0.1) is 19.9 Å². The molecule has 0 saturated carbocycles. The third kappa shape index (κ3) is 5.58. The highest BCUT2D eigenvalue weighted by Gasteiger charge is 2.27. The quantitative estimate of drug-likeness (QED) is 0.662. The van der Waals surface area contributed by atoms with Crippen molar-refractivity contribution in [2.75, 3.05) is 39.2 Å². The molecule has 2 aromatic rings. The highest BCUT2D eigenvalue weighted by Crippen LogP contribution is 2.27. The summed E-state index contributed by atoms with van der Waals surface area (Å²) in [7, 11) is 1.78. The number of nitrogens with zero attached hydrogens (tertiary/aromatic N) is 2. The lowest BCUT2D eigenvalue weighted by Gasteiger charge is -2.27. The van der Waals surface area contributed by atoms with Crippen molar-refractivity contribution in [3.63, 3.8) is 0 Å². The van der Waals surface area contributed by atoms with Crippen LogP contribution in [0.4, 0.5) is 10.1 Å². The molecule has 0 aliphatic carbocycles. The van der Waals surface area contributed by atoms with Crippen LogP contribution >= 0.6 is 0 Å².